The summed E-state index contributed by atoms with van der Waals surface area (Å²) in [5, 5.41) is 11.8. The van der Waals surface area contributed by atoms with Crippen LogP contribution in [-0.4, -0.2) is 43.3 Å². The van der Waals surface area contributed by atoms with Crippen molar-refractivity contribution in [3.8, 4) is 11.5 Å². The quantitative estimate of drug-likeness (QED) is 0.332. The van der Waals surface area contributed by atoms with Crippen molar-refractivity contribution in [1.29, 1.82) is 0 Å². The van der Waals surface area contributed by atoms with Crippen molar-refractivity contribution in [3.05, 3.63) is 57.6 Å². The van der Waals surface area contributed by atoms with Gasteiger partial charge in [-0.15, -0.1) is 0 Å². The Morgan fingerprint density at radius 3 is 2.20 bits per heavy atom. The van der Waals surface area contributed by atoms with Crippen LogP contribution in [-0.2, 0) is 14.8 Å². The summed E-state index contributed by atoms with van der Waals surface area (Å²) in [5.74, 6) is -1.09. The van der Waals surface area contributed by atoms with E-state index < -0.39 is 37.2 Å². The number of ether oxygens (including phenoxy) is 2. The zero-order valence-corrected chi connectivity index (χ0v) is 18.1. The highest BCUT2D eigenvalue weighted by Gasteiger charge is 2.34. The smallest absolute Gasteiger partial charge is 0.338 e. The molecule has 0 amide bonds. The molecular formula is C20H24N2O7S. The normalized spacial score (nSPS) is 11.4. The standard InChI is InChI=1S/C20H24N2O7S/c1-5-21(6-2)30(26,27)18-13-15(20(23)28-7-3)12-17(22(24)25)19(18)29-16-10-8-14(4)9-11-16/h8-13H,5-7H2,1-4H3. The molecule has 0 atom stereocenters. The number of nitrogens with zero attached hydrogens (tertiary/aromatic N) is 2. The third-order valence-electron chi connectivity index (χ3n) is 4.31. The summed E-state index contributed by atoms with van der Waals surface area (Å²) in [6.45, 7) is 7.04. The number of aryl methyl sites for hydroxylation is 1. The van der Waals surface area contributed by atoms with E-state index in [0.717, 1.165) is 22.0 Å². The molecule has 0 aromatic heterocycles. The summed E-state index contributed by atoms with van der Waals surface area (Å²) >= 11 is 0. The van der Waals surface area contributed by atoms with E-state index in [1.807, 2.05) is 6.92 Å². The Bertz CT molecular complexity index is 1030. The van der Waals surface area contributed by atoms with Crippen LogP contribution in [0.4, 0.5) is 5.69 Å². The summed E-state index contributed by atoms with van der Waals surface area (Å²) in [6.07, 6.45) is 0. The van der Waals surface area contributed by atoms with Crippen LogP contribution < -0.4 is 4.74 Å². The molecule has 10 heteroatoms. The Morgan fingerprint density at radius 1 is 1.10 bits per heavy atom. The van der Waals surface area contributed by atoms with Gasteiger partial charge in [-0.25, -0.2) is 13.2 Å². The van der Waals surface area contributed by atoms with Crippen molar-refractivity contribution >= 4 is 21.7 Å². The van der Waals surface area contributed by atoms with Gasteiger partial charge in [0.05, 0.1) is 17.1 Å². The van der Waals surface area contributed by atoms with Crippen LogP contribution in [0.1, 0.15) is 36.7 Å². The van der Waals surface area contributed by atoms with Gasteiger partial charge in [0.2, 0.25) is 15.8 Å². The van der Waals surface area contributed by atoms with Crippen LogP contribution in [0.25, 0.3) is 0 Å². The number of carbonyl (C=O) groups is 1. The fourth-order valence-electron chi connectivity index (χ4n) is 2.78. The molecule has 0 saturated carbocycles. The maximum absolute atomic E-state index is 13.2. The fourth-order valence-corrected chi connectivity index (χ4v) is 4.39. The minimum atomic E-state index is -4.19. The first-order chi connectivity index (χ1) is 14.1. The molecule has 0 aliphatic heterocycles. The number of nitro benzene ring substituents is 1. The third kappa shape index (κ3) is 4.95. The topological polar surface area (TPSA) is 116 Å². The summed E-state index contributed by atoms with van der Waals surface area (Å²) in [4.78, 5) is 22.7. The SMILES string of the molecule is CCOC(=O)c1cc([N+](=O)[O-])c(Oc2ccc(C)cc2)c(S(=O)(=O)N(CC)CC)c1. The number of sulfonamides is 1. The Labute approximate surface area is 175 Å². The average molecular weight is 436 g/mol. The van der Waals surface area contributed by atoms with E-state index in [2.05, 4.69) is 0 Å². The highest BCUT2D eigenvalue weighted by atomic mass is 32.2. The molecule has 0 spiro atoms. The van der Waals surface area contributed by atoms with E-state index in [0.29, 0.717) is 0 Å². The van der Waals surface area contributed by atoms with Gasteiger partial charge in [-0.2, -0.15) is 4.31 Å². The monoisotopic (exact) mass is 436 g/mol. The molecule has 0 aliphatic rings. The van der Waals surface area contributed by atoms with Crippen molar-refractivity contribution in [2.75, 3.05) is 19.7 Å². The molecule has 0 saturated heterocycles. The molecule has 2 rings (SSSR count). The molecule has 0 unspecified atom stereocenters. The predicted molar refractivity (Wildman–Crippen MR) is 110 cm³/mol. The van der Waals surface area contributed by atoms with Gasteiger partial charge in [-0.1, -0.05) is 31.5 Å². The van der Waals surface area contributed by atoms with Gasteiger partial charge >= 0.3 is 11.7 Å². The highest BCUT2D eigenvalue weighted by molar-refractivity contribution is 7.89. The number of esters is 1. The highest BCUT2D eigenvalue weighted by Crippen LogP contribution is 2.40. The zero-order chi connectivity index (χ0) is 22.5. The molecule has 2 aromatic rings. The van der Waals surface area contributed by atoms with E-state index in [1.54, 1.807) is 45.0 Å². The van der Waals surface area contributed by atoms with Gasteiger partial charge < -0.3 is 9.47 Å². The molecule has 0 fully saturated rings. The number of carbonyl (C=O) groups excluding carboxylic acids is 1. The number of hydrogen-bond donors (Lipinski definition) is 0. The zero-order valence-electron chi connectivity index (χ0n) is 17.2. The van der Waals surface area contributed by atoms with Gasteiger partial charge in [0, 0.05) is 19.2 Å². The van der Waals surface area contributed by atoms with Crippen LogP contribution >= 0.6 is 0 Å². The summed E-state index contributed by atoms with van der Waals surface area (Å²) in [7, 11) is -4.19. The van der Waals surface area contributed by atoms with Crippen molar-refractivity contribution in [2.45, 2.75) is 32.6 Å². The summed E-state index contributed by atoms with van der Waals surface area (Å²) < 4.78 is 38.2. The van der Waals surface area contributed by atoms with Crippen molar-refractivity contribution in [3.63, 3.8) is 0 Å². The molecule has 0 heterocycles. The lowest BCUT2D eigenvalue weighted by Crippen LogP contribution is -2.31. The lowest BCUT2D eigenvalue weighted by atomic mass is 10.2. The first kappa shape index (κ1) is 23.3. The van der Waals surface area contributed by atoms with Gasteiger partial charge in [0.15, 0.2) is 0 Å². The van der Waals surface area contributed by atoms with Gasteiger partial charge in [-0.3, -0.25) is 10.1 Å². The second kappa shape index (κ2) is 9.68. The molecule has 30 heavy (non-hydrogen) atoms. The third-order valence-corrected chi connectivity index (χ3v) is 6.36. The number of hydrogen-bond acceptors (Lipinski definition) is 7. The number of benzene rings is 2. The summed E-state index contributed by atoms with van der Waals surface area (Å²) in [5.41, 5.74) is 0.0443. The van der Waals surface area contributed by atoms with Crippen LogP contribution in [0.3, 0.4) is 0 Å². The van der Waals surface area contributed by atoms with Gasteiger partial charge in [0.1, 0.15) is 10.6 Å². The van der Waals surface area contributed by atoms with Crippen LogP contribution in [0.2, 0.25) is 0 Å². The lowest BCUT2D eigenvalue weighted by molar-refractivity contribution is -0.385. The van der Waals surface area contributed by atoms with Crippen molar-refractivity contribution in [1.82, 2.24) is 4.31 Å². The fraction of sp³-hybridized carbons (Fsp3) is 0.350. The number of nitro groups is 1. The van der Waals surface area contributed by atoms with Crippen molar-refractivity contribution in [2.24, 2.45) is 0 Å². The Hall–Kier alpha value is -2.98. The lowest BCUT2D eigenvalue weighted by Gasteiger charge is -2.21. The van der Waals surface area contributed by atoms with Crippen LogP contribution in [0.15, 0.2) is 41.3 Å². The second-order valence-corrected chi connectivity index (χ2v) is 8.21. The Kier molecular flexibility index (Phi) is 7.52. The molecule has 0 radical (unpaired) electrons. The number of rotatable bonds is 9. The minimum absolute atomic E-state index is 0.0341. The maximum atomic E-state index is 13.2. The molecule has 0 N–H and O–H groups in total. The predicted octanol–water partition coefficient (Wildman–Crippen LogP) is 3.90. The Balaban J connectivity index is 2.80. The van der Waals surface area contributed by atoms with E-state index in [1.165, 1.54) is 0 Å². The molecule has 162 valence electrons. The molecule has 9 nitrogen and oxygen atoms in total. The second-order valence-electron chi connectivity index (χ2n) is 6.30. The van der Waals surface area contributed by atoms with Crippen molar-refractivity contribution < 1.29 is 27.6 Å². The van der Waals surface area contributed by atoms with Crippen LogP contribution in [0.5, 0.6) is 11.5 Å². The largest absolute Gasteiger partial charge is 0.462 e. The Morgan fingerprint density at radius 2 is 1.70 bits per heavy atom. The first-order valence-corrected chi connectivity index (χ1v) is 10.8. The maximum Gasteiger partial charge on any atom is 0.338 e. The average Bonchev–Trinajstić information content (AvgIpc) is 2.70. The van der Waals surface area contributed by atoms with E-state index in [9.17, 15) is 23.3 Å². The minimum Gasteiger partial charge on any atom is -0.462 e. The molecule has 0 bridgehead atoms. The van der Waals surface area contributed by atoms with Gasteiger partial charge in [0.25, 0.3) is 0 Å². The van der Waals surface area contributed by atoms with E-state index in [4.69, 9.17) is 9.47 Å². The van der Waals surface area contributed by atoms with Crippen LogP contribution in [0, 0.1) is 17.0 Å². The van der Waals surface area contributed by atoms with E-state index in [-0.39, 0.29) is 31.0 Å². The van der Waals surface area contributed by atoms with Gasteiger partial charge in [-0.05, 0) is 32.0 Å². The molecule has 2 aromatic carbocycles. The first-order valence-electron chi connectivity index (χ1n) is 9.39. The molecular weight excluding hydrogens is 412 g/mol. The molecule has 0 aliphatic carbocycles. The summed E-state index contributed by atoms with van der Waals surface area (Å²) in [6, 6.07) is 8.63. The van der Waals surface area contributed by atoms with E-state index >= 15 is 0 Å².